The van der Waals surface area contributed by atoms with Gasteiger partial charge < -0.3 is 20.8 Å². The molecule has 0 saturated carbocycles. The lowest BCUT2D eigenvalue weighted by atomic mass is 10.0. The number of rotatable bonds is 9. The molecule has 28 heavy (non-hydrogen) atoms. The molecule has 2 atom stereocenters. The number of nitrogens with zero attached hydrogens (tertiary/aromatic N) is 2. The maximum absolute atomic E-state index is 11.6. The van der Waals surface area contributed by atoms with Crippen molar-refractivity contribution in [2.75, 3.05) is 10.6 Å². The molecule has 1 aromatic heterocycles. The molecule has 0 bridgehead atoms. The number of aromatic nitrogens is 1. The van der Waals surface area contributed by atoms with Gasteiger partial charge in [-0.3, -0.25) is 10.1 Å². The summed E-state index contributed by atoms with van der Waals surface area (Å²) in [6.07, 6.45) is 0. The Bertz CT molecular complexity index is 872. The molecule has 10 nitrogen and oxygen atoms in total. The van der Waals surface area contributed by atoms with Crippen molar-refractivity contribution in [1.29, 1.82) is 0 Å². The van der Waals surface area contributed by atoms with Gasteiger partial charge in [-0.05, 0) is 17.5 Å². The molecule has 0 radical (unpaired) electrons. The largest absolute Gasteiger partial charge is 0.480 e. The summed E-state index contributed by atoms with van der Waals surface area (Å²) in [4.78, 5) is 37.7. The van der Waals surface area contributed by atoms with Crippen molar-refractivity contribution in [1.82, 2.24) is 4.98 Å². The first-order valence-electron chi connectivity index (χ1n) is 8.39. The smallest absolute Gasteiger partial charge is 0.330 e. The van der Waals surface area contributed by atoms with Gasteiger partial charge in [-0.2, -0.15) is 0 Å². The molecule has 0 spiro atoms. The molecule has 0 saturated heterocycles. The molecule has 0 aliphatic rings. The maximum Gasteiger partial charge on any atom is 0.330 e. The first-order chi connectivity index (χ1) is 13.2. The topological polar surface area (TPSA) is 155 Å². The van der Waals surface area contributed by atoms with E-state index in [1.54, 1.807) is 44.2 Å². The molecule has 1 aromatic carbocycles. The fourth-order valence-electron chi connectivity index (χ4n) is 2.53. The highest BCUT2D eigenvalue weighted by atomic mass is 16.6. The number of benzene rings is 1. The van der Waals surface area contributed by atoms with Crippen LogP contribution in [0, 0.1) is 16.0 Å². The number of anilines is 2. The van der Waals surface area contributed by atoms with Gasteiger partial charge in [0.2, 0.25) is 5.82 Å². The van der Waals surface area contributed by atoms with Crippen LogP contribution < -0.4 is 10.6 Å². The van der Waals surface area contributed by atoms with Gasteiger partial charge in [-0.1, -0.05) is 44.2 Å². The Hall–Kier alpha value is -3.69. The van der Waals surface area contributed by atoms with Crippen LogP contribution in [0.5, 0.6) is 0 Å². The molecule has 0 fully saturated rings. The van der Waals surface area contributed by atoms with Crippen molar-refractivity contribution in [2.24, 2.45) is 5.92 Å². The van der Waals surface area contributed by atoms with E-state index in [0.29, 0.717) is 5.56 Å². The van der Waals surface area contributed by atoms with Gasteiger partial charge in [0.25, 0.3) is 0 Å². The Morgan fingerprint density at radius 1 is 1.04 bits per heavy atom. The summed E-state index contributed by atoms with van der Waals surface area (Å²) in [5, 5.41) is 35.4. The second-order valence-corrected chi connectivity index (χ2v) is 6.35. The van der Waals surface area contributed by atoms with E-state index >= 15 is 0 Å². The summed E-state index contributed by atoms with van der Waals surface area (Å²) in [6.45, 7) is 3.30. The lowest BCUT2D eigenvalue weighted by Crippen LogP contribution is -2.35. The normalized spacial score (nSPS) is 12.8. The highest BCUT2D eigenvalue weighted by Gasteiger charge is 2.27. The molecule has 2 rings (SSSR count). The van der Waals surface area contributed by atoms with E-state index < -0.39 is 34.6 Å². The van der Waals surface area contributed by atoms with Crippen LogP contribution in [-0.2, 0) is 9.59 Å². The molecule has 4 N–H and O–H groups in total. The van der Waals surface area contributed by atoms with E-state index in [1.165, 1.54) is 6.07 Å². The van der Waals surface area contributed by atoms with Crippen LogP contribution in [0.2, 0.25) is 0 Å². The van der Waals surface area contributed by atoms with E-state index in [4.69, 9.17) is 0 Å². The van der Waals surface area contributed by atoms with Gasteiger partial charge in [0.15, 0.2) is 6.04 Å². The Morgan fingerprint density at radius 3 is 2.18 bits per heavy atom. The summed E-state index contributed by atoms with van der Waals surface area (Å²) in [6, 6.07) is 8.52. The number of hydrogen-bond acceptors (Lipinski definition) is 7. The molecule has 0 aliphatic heterocycles. The number of carboxylic acid groups (broad SMARTS) is 2. The third-order valence-electron chi connectivity index (χ3n) is 3.97. The zero-order valence-corrected chi connectivity index (χ0v) is 15.2. The van der Waals surface area contributed by atoms with Crippen LogP contribution in [0.15, 0.2) is 42.5 Å². The highest BCUT2D eigenvalue weighted by Crippen LogP contribution is 2.27. The van der Waals surface area contributed by atoms with Crippen molar-refractivity contribution in [3.63, 3.8) is 0 Å². The SMILES string of the molecule is CC(C)[C@H](Nc1nc(N[C@@H](C(=O)O)c2ccccc2)ccc1[N+](=O)[O-])C(=O)O. The van der Waals surface area contributed by atoms with Crippen molar-refractivity contribution < 1.29 is 24.7 Å². The zero-order valence-electron chi connectivity index (χ0n) is 15.2. The number of carbonyl (C=O) groups is 2. The van der Waals surface area contributed by atoms with E-state index in [0.717, 1.165) is 6.07 Å². The second kappa shape index (κ2) is 8.80. The number of carboxylic acids is 2. The van der Waals surface area contributed by atoms with E-state index in [2.05, 4.69) is 15.6 Å². The lowest BCUT2D eigenvalue weighted by molar-refractivity contribution is -0.384. The van der Waals surface area contributed by atoms with Gasteiger partial charge in [-0.15, -0.1) is 0 Å². The van der Waals surface area contributed by atoms with Gasteiger partial charge in [0.05, 0.1) is 4.92 Å². The third-order valence-corrected chi connectivity index (χ3v) is 3.97. The summed E-state index contributed by atoms with van der Waals surface area (Å²) in [5.41, 5.74) is 0.0549. The third kappa shape index (κ3) is 4.93. The fraction of sp³-hybridized carbons (Fsp3) is 0.278. The van der Waals surface area contributed by atoms with Crippen LogP contribution in [-0.4, -0.2) is 38.1 Å². The average Bonchev–Trinajstić information content (AvgIpc) is 2.64. The van der Waals surface area contributed by atoms with Gasteiger partial charge >= 0.3 is 17.6 Å². The monoisotopic (exact) mass is 388 g/mol. The Labute approximate surface area is 160 Å². The predicted octanol–water partition coefficient (Wildman–Crippen LogP) is 2.75. The van der Waals surface area contributed by atoms with E-state index in [-0.39, 0.29) is 17.6 Å². The standard InChI is InChI=1S/C18H20N4O6/c1-10(2)14(17(23)24)21-16-12(22(27)28)8-9-13(20-16)19-15(18(25)26)11-6-4-3-5-7-11/h3-10,14-15H,1-2H3,(H,23,24)(H,25,26)(H2,19,20,21)/t14-,15+/m0/s1. The van der Waals surface area contributed by atoms with Crippen LogP contribution in [0.4, 0.5) is 17.3 Å². The summed E-state index contributed by atoms with van der Waals surface area (Å²) in [7, 11) is 0. The molecule has 0 unspecified atom stereocenters. The number of nitro groups is 1. The minimum absolute atomic E-state index is 0.0530. The Kier molecular flexibility index (Phi) is 6.48. The average molecular weight is 388 g/mol. The Morgan fingerprint density at radius 2 is 1.68 bits per heavy atom. The summed E-state index contributed by atoms with van der Waals surface area (Å²) in [5.74, 6) is -2.92. The zero-order chi connectivity index (χ0) is 20.8. The molecule has 1 heterocycles. The van der Waals surface area contributed by atoms with E-state index in [9.17, 15) is 29.9 Å². The number of hydrogen-bond donors (Lipinski definition) is 4. The number of aliphatic carboxylic acids is 2. The van der Waals surface area contributed by atoms with Crippen molar-refractivity contribution in [3.05, 3.63) is 58.1 Å². The molecule has 10 heteroatoms. The molecular formula is C18H20N4O6. The van der Waals surface area contributed by atoms with Crippen molar-refractivity contribution in [2.45, 2.75) is 25.9 Å². The first-order valence-corrected chi connectivity index (χ1v) is 8.39. The molecule has 0 amide bonds. The quantitative estimate of drug-likeness (QED) is 0.375. The van der Waals surface area contributed by atoms with Crippen LogP contribution >= 0.6 is 0 Å². The highest BCUT2D eigenvalue weighted by molar-refractivity contribution is 5.80. The number of pyridine rings is 1. The van der Waals surface area contributed by atoms with Gasteiger partial charge in [-0.25, -0.2) is 14.6 Å². The lowest BCUT2D eigenvalue weighted by Gasteiger charge is -2.20. The van der Waals surface area contributed by atoms with Gasteiger partial charge in [0, 0.05) is 6.07 Å². The van der Waals surface area contributed by atoms with E-state index in [1.807, 2.05) is 0 Å². The minimum atomic E-state index is -1.18. The number of nitrogens with one attached hydrogen (secondary N) is 2. The first kappa shape index (κ1) is 20.6. The summed E-state index contributed by atoms with van der Waals surface area (Å²) >= 11 is 0. The van der Waals surface area contributed by atoms with Crippen LogP contribution in [0.25, 0.3) is 0 Å². The van der Waals surface area contributed by atoms with Gasteiger partial charge in [0.1, 0.15) is 11.9 Å². The van der Waals surface area contributed by atoms with Crippen molar-refractivity contribution >= 4 is 29.3 Å². The minimum Gasteiger partial charge on any atom is -0.480 e. The second-order valence-electron chi connectivity index (χ2n) is 6.35. The summed E-state index contributed by atoms with van der Waals surface area (Å²) < 4.78 is 0. The van der Waals surface area contributed by atoms with Crippen LogP contribution in [0.3, 0.4) is 0 Å². The fourth-order valence-corrected chi connectivity index (χ4v) is 2.53. The Balaban J connectivity index is 2.39. The molecule has 0 aliphatic carbocycles. The molecule has 2 aromatic rings. The predicted molar refractivity (Wildman–Crippen MR) is 101 cm³/mol. The molecule has 148 valence electrons. The molecular weight excluding hydrogens is 368 g/mol. The maximum atomic E-state index is 11.6. The van der Waals surface area contributed by atoms with Crippen molar-refractivity contribution in [3.8, 4) is 0 Å². The van der Waals surface area contributed by atoms with Crippen LogP contribution in [0.1, 0.15) is 25.5 Å².